The molecule has 0 fully saturated rings. The van der Waals surface area contributed by atoms with E-state index in [1.54, 1.807) is 0 Å². The average molecular weight is 224 g/mol. The van der Waals surface area contributed by atoms with E-state index in [0.29, 0.717) is 12.7 Å². The number of hydrogen-bond donors (Lipinski definition) is 0. The second-order valence-corrected chi connectivity index (χ2v) is 4.12. The van der Waals surface area contributed by atoms with Crippen LogP contribution in [-0.4, -0.2) is 12.1 Å². The summed E-state index contributed by atoms with van der Waals surface area (Å²) in [4.78, 5) is 21.0. The van der Waals surface area contributed by atoms with Gasteiger partial charge in [0.1, 0.15) is 12.1 Å². The van der Waals surface area contributed by atoms with Gasteiger partial charge >= 0.3 is 0 Å². The molecule has 0 radical (unpaired) electrons. The molecular formula is C14H24O2. The molecule has 0 saturated carbocycles. The van der Waals surface area contributed by atoms with Crippen LogP contribution in [-0.2, 0) is 9.59 Å². The summed E-state index contributed by atoms with van der Waals surface area (Å²) in [7, 11) is 0. The number of carbonyl (C=O) groups is 2. The van der Waals surface area contributed by atoms with Gasteiger partial charge in [-0.1, -0.05) is 38.3 Å². The predicted molar refractivity (Wildman–Crippen MR) is 67.4 cm³/mol. The number of aldehydes is 1. The second-order valence-electron chi connectivity index (χ2n) is 4.12. The van der Waals surface area contributed by atoms with Crippen molar-refractivity contribution in [1.82, 2.24) is 0 Å². The van der Waals surface area contributed by atoms with Crippen LogP contribution in [0.1, 0.15) is 64.7 Å². The number of rotatable bonds is 11. The monoisotopic (exact) mass is 224 g/mol. The van der Waals surface area contributed by atoms with Crippen LogP contribution in [0, 0.1) is 0 Å². The molecule has 92 valence electrons. The number of Topliss-reactive ketones (excluding diaryl/α,β-unsaturated/α-hetero) is 1. The Balaban J connectivity index is 3.21. The predicted octanol–water partition coefficient (Wildman–Crippen LogP) is 3.84. The van der Waals surface area contributed by atoms with Crippen molar-refractivity contribution in [2.45, 2.75) is 64.7 Å². The highest BCUT2D eigenvalue weighted by atomic mass is 16.1. The lowest BCUT2D eigenvalue weighted by Crippen LogP contribution is -1.97. The molecule has 0 heterocycles. The molecule has 2 nitrogen and oxygen atoms in total. The molecule has 0 aromatic carbocycles. The topological polar surface area (TPSA) is 34.1 Å². The van der Waals surface area contributed by atoms with Gasteiger partial charge in [-0.3, -0.25) is 4.79 Å². The molecule has 16 heavy (non-hydrogen) atoms. The Morgan fingerprint density at radius 3 is 2.31 bits per heavy atom. The van der Waals surface area contributed by atoms with E-state index in [2.05, 4.69) is 19.1 Å². The fourth-order valence-electron chi connectivity index (χ4n) is 1.54. The van der Waals surface area contributed by atoms with Gasteiger partial charge in [0.05, 0.1) is 6.42 Å². The van der Waals surface area contributed by atoms with Crippen molar-refractivity contribution in [3.8, 4) is 0 Å². The zero-order chi connectivity index (χ0) is 12.1. The highest BCUT2D eigenvalue weighted by molar-refractivity contribution is 5.89. The van der Waals surface area contributed by atoms with Gasteiger partial charge in [0, 0.05) is 6.42 Å². The molecule has 0 aromatic rings. The molecule has 2 heteroatoms. The molecule has 0 atom stereocenters. The molecule has 0 aliphatic heterocycles. The Morgan fingerprint density at radius 1 is 1.00 bits per heavy atom. The Hall–Kier alpha value is -0.920. The van der Waals surface area contributed by atoms with E-state index in [4.69, 9.17) is 0 Å². The van der Waals surface area contributed by atoms with Crippen molar-refractivity contribution < 1.29 is 9.59 Å². The second kappa shape index (κ2) is 12.2. The third-order valence-electron chi connectivity index (χ3n) is 2.53. The van der Waals surface area contributed by atoms with Crippen molar-refractivity contribution in [3.63, 3.8) is 0 Å². The van der Waals surface area contributed by atoms with Crippen molar-refractivity contribution in [1.29, 1.82) is 0 Å². The molecule has 0 aliphatic carbocycles. The minimum Gasteiger partial charge on any atom is -0.303 e. The molecule has 0 rings (SSSR count). The largest absolute Gasteiger partial charge is 0.303 e. The van der Waals surface area contributed by atoms with Gasteiger partial charge in [-0.05, 0) is 25.7 Å². The average Bonchev–Trinajstić information content (AvgIpc) is 2.27. The third-order valence-corrected chi connectivity index (χ3v) is 2.53. The smallest absolute Gasteiger partial charge is 0.139 e. The van der Waals surface area contributed by atoms with Crippen molar-refractivity contribution >= 4 is 12.1 Å². The van der Waals surface area contributed by atoms with Crippen molar-refractivity contribution in [3.05, 3.63) is 12.2 Å². The van der Waals surface area contributed by atoms with Gasteiger partial charge in [-0.2, -0.15) is 0 Å². The maximum absolute atomic E-state index is 11.0. The van der Waals surface area contributed by atoms with E-state index in [0.717, 1.165) is 19.3 Å². The SMILES string of the molecule is CCCCCCC=CCCCC(=O)CC=O. The van der Waals surface area contributed by atoms with Gasteiger partial charge in [-0.25, -0.2) is 0 Å². The Labute approximate surface area is 99.1 Å². The van der Waals surface area contributed by atoms with Gasteiger partial charge < -0.3 is 4.79 Å². The summed E-state index contributed by atoms with van der Waals surface area (Å²) in [6.07, 6.45) is 13.9. The summed E-state index contributed by atoms with van der Waals surface area (Å²) in [6.45, 7) is 2.21. The summed E-state index contributed by atoms with van der Waals surface area (Å²) in [6, 6.07) is 0. The first-order valence-electron chi connectivity index (χ1n) is 6.41. The van der Waals surface area contributed by atoms with E-state index in [1.165, 1.54) is 25.7 Å². The first kappa shape index (κ1) is 15.1. The van der Waals surface area contributed by atoms with Gasteiger partial charge in [-0.15, -0.1) is 0 Å². The van der Waals surface area contributed by atoms with E-state index >= 15 is 0 Å². The van der Waals surface area contributed by atoms with E-state index in [1.807, 2.05) is 0 Å². The Morgan fingerprint density at radius 2 is 1.69 bits per heavy atom. The van der Waals surface area contributed by atoms with E-state index in [-0.39, 0.29) is 12.2 Å². The minimum atomic E-state index is 0.0614. The standard InChI is InChI=1S/C14H24O2/c1-2-3-4-5-6-7-8-9-10-11-14(16)12-13-15/h7-8,13H,2-6,9-12H2,1H3. The molecular weight excluding hydrogens is 200 g/mol. The van der Waals surface area contributed by atoms with Gasteiger partial charge in [0.25, 0.3) is 0 Å². The highest BCUT2D eigenvalue weighted by Gasteiger charge is 1.98. The number of unbranched alkanes of at least 4 members (excludes halogenated alkanes) is 5. The Bertz CT molecular complexity index is 207. The van der Waals surface area contributed by atoms with Crippen LogP contribution in [0.15, 0.2) is 12.2 Å². The van der Waals surface area contributed by atoms with Crippen molar-refractivity contribution in [2.75, 3.05) is 0 Å². The lowest BCUT2D eigenvalue weighted by Gasteiger charge is -1.95. The zero-order valence-corrected chi connectivity index (χ0v) is 10.4. The lowest BCUT2D eigenvalue weighted by molar-refractivity contribution is -0.122. The number of carbonyl (C=O) groups excluding carboxylic acids is 2. The van der Waals surface area contributed by atoms with Crippen LogP contribution in [0.4, 0.5) is 0 Å². The maximum Gasteiger partial charge on any atom is 0.139 e. The number of hydrogen-bond acceptors (Lipinski definition) is 2. The fraction of sp³-hybridized carbons (Fsp3) is 0.714. The molecule has 0 saturated heterocycles. The van der Waals surface area contributed by atoms with Crippen LogP contribution in [0.2, 0.25) is 0 Å². The molecule has 0 aromatic heterocycles. The minimum absolute atomic E-state index is 0.0614. The normalized spacial score (nSPS) is 10.8. The van der Waals surface area contributed by atoms with Crippen molar-refractivity contribution in [2.24, 2.45) is 0 Å². The van der Waals surface area contributed by atoms with Gasteiger partial charge in [0.2, 0.25) is 0 Å². The summed E-state index contributed by atoms with van der Waals surface area (Å²) in [5, 5.41) is 0. The van der Waals surface area contributed by atoms with Crippen LogP contribution < -0.4 is 0 Å². The van der Waals surface area contributed by atoms with Gasteiger partial charge in [0.15, 0.2) is 0 Å². The molecule has 0 amide bonds. The lowest BCUT2D eigenvalue weighted by atomic mass is 10.1. The van der Waals surface area contributed by atoms with E-state index in [9.17, 15) is 9.59 Å². The third kappa shape index (κ3) is 11.2. The summed E-state index contributed by atoms with van der Waals surface area (Å²) >= 11 is 0. The molecule has 0 aliphatic rings. The first-order chi connectivity index (χ1) is 7.81. The van der Waals surface area contributed by atoms with Crippen LogP contribution in [0.5, 0.6) is 0 Å². The number of allylic oxidation sites excluding steroid dienone is 2. The highest BCUT2D eigenvalue weighted by Crippen LogP contribution is 2.04. The Kier molecular flexibility index (Phi) is 11.5. The zero-order valence-electron chi connectivity index (χ0n) is 10.4. The molecule has 0 bridgehead atoms. The van der Waals surface area contributed by atoms with Crippen LogP contribution in [0.25, 0.3) is 0 Å². The molecule has 0 N–H and O–H groups in total. The van der Waals surface area contributed by atoms with Crippen LogP contribution in [0.3, 0.4) is 0 Å². The quantitative estimate of drug-likeness (QED) is 0.231. The first-order valence-corrected chi connectivity index (χ1v) is 6.41. The van der Waals surface area contributed by atoms with E-state index < -0.39 is 0 Å². The number of ketones is 1. The molecule has 0 spiro atoms. The summed E-state index contributed by atoms with van der Waals surface area (Å²) in [5.74, 6) is 0.0614. The summed E-state index contributed by atoms with van der Waals surface area (Å²) in [5.41, 5.74) is 0. The summed E-state index contributed by atoms with van der Waals surface area (Å²) < 4.78 is 0. The molecule has 0 unspecified atom stereocenters. The fourth-order valence-corrected chi connectivity index (χ4v) is 1.54. The van der Waals surface area contributed by atoms with Crippen LogP contribution >= 0.6 is 0 Å². The maximum atomic E-state index is 11.0.